The van der Waals surface area contributed by atoms with Gasteiger partial charge in [-0.1, -0.05) is 6.07 Å². The molecule has 0 unspecified atom stereocenters. The molecule has 2 rings (SSSR count). The molecule has 6 nitrogen and oxygen atoms in total. The van der Waals surface area contributed by atoms with Crippen molar-refractivity contribution in [2.24, 2.45) is 0 Å². The zero-order valence-corrected chi connectivity index (χ0v) is 13.4. The third kappa shape index (κ3) is 4.54. The maximum absolute atomic E-state index is 11.1. The number of carbonyl (C=O) groups is 1. The largest absolute Gasteiger partial charge is 0.493 e. The highest BCUT2D eigenvalue weighted by molar-refractivity contribution is 5.84. The van der Waals surface area contributed by atoms with Crippen LogP contribution < -0.4 is 20.1 Å². The van der Waals surface area contributed by atoms with Crippen LogP contribution in [-0.2, 0) is 11.3 Å². The van der Waals surface area contributed by atoms with Gasteiger partial charge in [0.2, 0.25) is 0 Å². The van der Waals surface area contributed by atoms with E-state index in [9.17, 15) is 4.79 Å². The second-order valence-corrected chi connectivity index (χ2v) is 4.74. The summed E-state index contributed by atoms with van der Waals surface area (Å²) in [5, 5.41) is 5.90. The minimum absolute atomic E-state index is 0.490. The van der Waals surface area contributed by atoms with Gasteiger partial charge in [0.05, 0.1) is 21.3 Å². The highest BCUT2D eigenvalue weighted by atomic mass is 16.5. The Balaban J connectivity index is 1.96. The Bertz CT molecular complexity index is 656. The molecule has 6 heteroatoms. The Morgan fingerprint density at radius 1 is 0.913 bits per heavy atom. The summed E-state index contributed by atoms with van der Waals surface area (Å²) in [6, 6.07) is 13.1. The molecule has 0 saturated carbocycles. The molecule has 23 heavy (non-hydrogen) atoms. The molecule has 0 spiro atoms. The molecular formula is C17H20N2O4. The topological polar surface area (TPSA) is 68.8 Å². The number of ether oxygens (including phenoxy) is 3. The first-order chi connectivity index (χ1) is 11.2. The van der Waals surface area contributed by atoms with Gasteiger partial charge < -0.3 is 19.5 Å². The average molecular weight is 316 g/mol. The monoisotopic (exact) mass is 316 g/mol. The number of hydrogen-bond acceptors (Lipinski definition) is 5. The SMILES string of the molecule is COC(=O)Nc1ccc(NCc2ccc(OC)c(OC)c2)cc1. The summed E-state index contributed by atoms with van der Waals surface area (Å²) in [7, 11) is 4.55. The molecule has 0 fully saturated rings. The van der Waals surface area contributed by atoms with Gasteiger partial charge in [0.1, 0.15) is 0 Å². The first-order valence-corrected chi connectivity index (χ1v) is 7.06. The van der Waals surface area contributed by atoms with Gasteiger partial charge in [-0.05, 0) is 42.0 Å². The Morgan fingerprint density at radius 3 is 2.17 bits per heavy atom. The van der Waals surface area contributed by atoms with E-state index < -0.39 is 6.09 Å². The maximum Gasteiger partial charge on any atom is 0.411 e. The van der Waals surface area contributed by atoms with Gasteiger partial charge in [0.15, 0.2) is 11.5 Å². The predicted molar refractivity (Wildman–Crippen MR) is 89.3 cm³/mol. The fraction of sp³-hybridized carbons (Fsp3) is 0.235. The summed E-state index contributed by atoms with van der Waals surface area (Å²) in [4.78, 5) is 11.1. The van der Waals surface area contributed by atoms with Crippen LogP contribution in [0.5, 0.6) is 11.5 Å². The minimum Gasteiger partial charge on any atom is -0.493 e. The molecule has 0 atom stereocenters. The molecular weight excluding hydrogens is 296 g/mol. The molecule has 2 N–H and O–H groups in total. The molecule has 2 aromatic rings. The van der Waals surface area contributed by atoms with E-state index in [4.69, 9.17) is 9.47 Å². The van der Waals surface area contributed by atoms with Crippen molar-refractivity contribution in [3.63, 3.8) is 0 Å². The molecule has 0 aliphatic carbocycles. The fourth-order valence-electron chi connectivity index (χ4n) is 2.04. The van der Waals surface area contributed by atoms with Gasteiger partial charge in [-0.15, -0.1) is 0 Å². The lowest BCUT2D eigenvalue weighted by Crippen LogP contribution is -2.10. The second kappa shape index (κ2) is 7.93. The van der Waals surface area contributed by atoms with Crippen LogP contribution in [0.3, 0.4) is 0 Å². The summed E-state index contributed by atoms with van der Waals surface area (Å²) < 4.78 is 15.0. The average Bonchev–Trinajstić information content (AvgIpc) is 2.60. The van der Waals surface area contributed by atoms with Crippen molar-refractivity contribution in [2.75, 3.05) is 32.0 Å². The van der Waals surface area contributed by atoms with Crippen molar-refractivity contribution in [3.8, 4) is 11.5 Å². The van der Waals surface area contributed by atoms with Crippen molar-refractivity contribution in [1.82, 2.24) is 0 Å². The fourth-order valence-corrected chi connectivity index (χ4v) is 2.04. The number of carbonyl (C=O) groups excluding carboxylic acids is 1. The third-order valence-corrected chi connectivity index (χ3v) is 3.26. The van der Waals surface area contributed by atoms with E-state index in [-0.39, 0.29) is 0 Å². The van der Waals surface area contributed by atoms with Gasteiger partial charge in [0, 0.05) is 17.9 Å². The molecule has 0 radical (unpaired) electrons. The Labute approximate surface area is 135 Å². The molecule has 0 bridgehead atoms. The predicted octanol–water partition coefficient (Wildman–Crippen LogP) is 3.49. The standard InChI is InChI=1S/C17H20N2O4/c1-21-15-9-4-12(10-16(15)22-2)11-18-13-5-7-14(8-6-13)19-17(20)23-3/h4-10,18H,11H2,1-3H3,(H,19,20). The van der Waals surface area contributed by atoms with Crippen LogP contribution in [0.25, 0.3) is 0 Å². The molecule has 2 aromatic carbocycles. The molecule has 0 aromatic heterocycles. The molecule has 0 heterocycles. The number of nitrogens with one attached hydrogen (secondary N) is 2. The summed E-state index contributed by atoms with van der Waals surface area (Å²) in [6.45, 7) is 0.643. The lowest BCUT2D eigenvalue weighted by atomic mass is 10.2. The van der Waals surface area contributed by atoms with Gasteiger partial charge in [-0.2, -0.15) is 0 Å². The van der Waals surface area contributed by atoms with Gasteiger partial charge in [-0.3, -0.25) is 5.32 Å². The van der Waals surface area contributed by atoms with E-state index in [1.807, 2.05) is 30.3 Å². The molecule has 0 saturated heterocycles. The molecule has 0 aliphatic rings. The molecule has 122 valence electrons. The van der Waals surface area contributed by atoms with Crippen molar-refractivity contribution in [3.05, 3.63) is 48.0 Å². The van der Waals surface area contributed by atoms with E-state index in [1.165, 1.54) is 7.11 Å². The van der Waals surface area contributed by atoms with Crippen molar-refractivity contribution in [1.29, 1.82) is 0 Å². The smallest absolute Gasteiger partial charge is 0.411 e. The lowest BCUT2D eigenvalue weighted by molar-refractivity contribution is 0.187. The van der Waals surface area contributed by atoms with Crippen molar-refractivity contribution in [2.45, 2.75) is 6.54 Å². The summed E-state index contributed by atoms with van der Waals surface area (Å²) >= 11 is 0. The highest BCUT2D eigenvalue weighted by Gasteiger charge is 2.05. The molecule has 0 aliphatic heterocycles. The quantitative estimate of drug-likeness (QED) is 0.854. The lowest BCUT2D eigenvalue weighted by Gasteiger charge is -2.11. The van der Waals surface area contributed by atoms with Crippen molar-refractivity contribution < 1.29 is 19.0 Å². The first kappa shape index (κ1) is 16.5. The number of anilines is 2. The Kier molecular flexibility index (Phi) is 5.68. The zero-order valence-electron chi connectivity index (χ0n) is 13.4. The Morgan fingerprint density at radius 2 is 1.57 bits per heavy atom. The van der Waals surface area contributed by atoms with Crippen LogP contribution in [0.2, 0.25) is 0 Å². The number of hydrogen-bond donors (Lipinski definition) is 2. The summed E-state index contributed by atoms with van der Waals surface area (Å²) in [6.07, 6.45) is -0.490. The van der Waals surface area contributed by atoms with Crippen molar-refractivity contribution >= 4 is 17.5 Å². The molecule has 1 amide bonds. The Hall–Kier alpha value is -2.89. The van der Waals surface area contributed by atoms with E-state index in [1.54, 1.807) is 26.4 Å². The third-order valence-electron chi connectivity index (χ3n) is 3.26. The second-order valence-electron chi connectivity index (χ2n) is 4.74. The normalized spacial score (nSPS) is 9.87. The van der Waals surface area contributed by atoms with Crippen LogP contribution in [0.4, 0.5) is 16.2 Å². The number of rotatable bonds is 6. The van der Waals surface area contributed by atoms with Gasteiger partial charge >= 0.3 is 6.09 Å². The van der Waals surface area contributed by atoms with Crippen LogP contribution in [0, 0.1) is 0 Å². The van der Waals surface area contributed by atoms with Gasteiger partial charge in [-0.25, -0.2) is 4.79 Å². The van der Waals surface area contributed by atoms with E-state index >= 15 is 0 Å². The number of benzene rings is 2. The van der Waals surface area contributed by atoms with Gasteiger partial charge in [0.25, 0.3) is 0 Å². The number of amides is 1. The van der Waals surface area contributed by atoms with E-state index in [0.717, 1.165) is 11.3 Å². The van der Waals surface area contributed by atoms with E-state index in [2.05, 4.69) is 15.4 Å². The van der Waals surface area contributed by atoms with E-state index in [0.29, 0.717) is 23.7 Å². The highest BCUT2D eigenvalue weighted by Crippen LogP contribution is 2.27. The van der Waals surface area contributed by atoms with Crippen LogP contribution >= 0.6 is 0 Å². The van der Waals surface area contributed by atoms with Crippen LogP contribution in [-0.4, -0.2) is 27.4 Å². The maximum atomic E-state index is 11.1. The van der Waals surface area contributed by atoms with Crippen LogP contribution in [0.15, 0.2) is 42.5 Å². The zero-order chi connectivity index (χ0) is 16.7. The van der Waals surface area contributed by atoms with Crippen LogP contribution in [0.1, 0.15) is 5.56 Å². The summed E-state index contributed by atoms with van der Waals surface area (Å²) in [5.74, 6) is 1.40. The summed E-state index contributed by atoms with van der Waals surface area (Å²) in [5.41, 5.74) is 2.68. The number of methoxy groups -OCH3 is 3. The first-order valence-electron chi connectivity index (χ1n) is 7.06. The minimum atomic E-state index is -0.490.